The molecule has 2 rings (SSSR count). The molecule has 0 aliphatic carbocycles. The molecule has 0 bridgehead atoms. The zero-order valence-electron chi connectivity index (χ0n) is 10.9. The van der Waals surface area contributed by atoms with E-state index in [1.807, 2.05) is 54.6 Å². The van der Waals surface area contributed by atoms with Crippen molar-refractivity contribution in [3.8, 4) is 11.1 Å². The van der Waals surface area contributed by atoms with Gasteiger partial charge in [0.05, 0.1) is 12.1 Å². The van der Waals surface area contributed by atoms with Gasteiger partial charge in [0, 0.05) is 6.42 Å². The Morgan fingerprint density at radius 1 is 0.900 bits per heavy atom. The molecule has 2 aromatic rings. The first-order chi connectivity index (χ1) is 9.70. The monoisotopic (exact) mass is 269 g/mol. The molecule has 0 radical (unpaired) electrons. The molecule has 0 amide bonds. The molecule has 4 heteroatoms. The van der Waals surface area contributed by atoms with Crippen LogP contribution in [0.1, 0.15) is 18.4 Å². The van der Waals surface area contributed by atoms with E-state index in [4.69, 9.17) is 10.3 Å². The van der Waals surface area contributed by atoms with E-state index in [0.717, 1.165) is 16.7 Å². The van der Waals surface area contributed by atoms with Gasteiger partial charge in [-0.25, -0.2) is 0 Å². The van der Waals surface area contributed by atoms with E-state index >= 15 is 0 Å². The number of oxime groups is 1. The van der Waals surface area contributed by atoms with Crippen LogP contribution in [0.3, 0.4) is 0 Å². The van der Waals surface area contributed by atoms with E-state index in [-0.39, 0.29) is 12.8 Å². The Morgan fingerprint density at radius 2 is 1.50 bits per heavy atom. The van der Waals surface area contributed by atoms with Gasteiger partial charge in [-0.2, -0.15) is 0 Å². The van der Waals surface area contributed by atoms with Crippen LogP contribution in [-0.2, 0) is 4.79 Å². The first kappa shape index (κ1) is 13.8. The molecule has 20 heavy (non-hydrogen) atoms. The highest BCUT2D eigenvalue weighted by atomic mass is 16.4. The zero-order valence-corrected chi connectivity index (χ0v) is 10.9. The molecule has 102 valence electrons. The normalized spacial score (nSPS) is 11.3. The Bertz CT molecular complexity index is 603. The smallest absolute Gasteiger partial charge is 0.303 e. The van der Waals surface area contributed by atoms with Crippen molar-refractivity contribution >= 4 is 11.7 Å². The van der Waals surface area contributed by atoms with Crippen LogP contribution in [0.5, 0.6) is 0 Å². The second-order valence-electron chi connectivity index (χ2n) is 4.38. The third kappa shape index (κ3) is 3.45. The Balaban J connectivity index is 2.17. The van der Waals surface area contributed by atoms with E-state index in [0.29, 0.717) is 5.71 Å². The van der Waals surface area contributed by atoms with Gasteiger partial charge < -0.3 is 10.3 Å². The Kier molecular flexibility index (Phi) is 4.50. The summed E-state index contributed by atoms with van der Waals surface area (Å²) in [5.41, 5.74) is 3.28. The molecular formula is C16H15NO3. The van der Waals surface area contributed by atoms with Crippen molar-refractivity contribution in [2.45, 2.75) is 12.8 Å². The number of hydrogen-bond donors (Lipinski definition) is 2. The van der Waals surface area contributed by atoms with Crippen molar-refractivity contribution in [2.75, 3.05) is 0 Å². The molecule has 0 fully saturated rings. The standard InChI is InChI=1S/C16H15NO3/c18-16(19)11-10-15(17-20)14-8-6-13(7-9-14)12-4-2-1-3-5-12/h1-9,20H,10-11H2,(H,18,19)/b17-15-. The van der Waals surface area contributed by atoms with Gasteiger partial charge in [0.25, 0.3) is 0 Å². The topological polar surface area (TPSA) is 69.9 Å². The summed E-state index contributed by atoms with van der Waals surface area (Å²) in [7, 11) is 0. The predicted octanol–water partition coefficient (Wildman–Crippen LogP) is 3.40. The summed E-state index contributed by atoms with van der Waals surface area (Å²) in [6.45, 7) is 0. The van der Waals surface area contributed by atoms with E-state index in [9.17, 15) is 4.79 Å². The molecular weight excluding hydrogens is 254 g/mol. The number of carboxylic acids is 1. The number of nitrogens with zero attached hydrogens (tertiary/aromatic N) is 1. The summed E-state index contributed by atoms with van der Waals surface area (Å²) in [5.74, 6) is -0.910. The first-order valence-electron chi connectivity index (χ1n) is 6.29. The number of carbonyl (C=O) groups is 1. The lowest BCUT2D eigenvalue weighted by molar-refractivity contribution is -0.136. The average Bonchev–Trinajstić information content (AvgIpc) is 2.49. The molecule has 2 aromatic carbocycles. The summed E-state index contributed by atoms with van der Waals surface area (Å²) in [6.07, 6.45) is 0.149. The molecule has 0 saturated heterocycles. The van der Waals surface area contributed by atoms with E-state index in [1.54, 1.807) is 0 Å². The van der Waals surface area contributed by atoms with Gasteiger partial charge in [-0.05, 0) is 16.7 Å². The van der Waals surface area contributed by atoms with Gasteiger partial charge in [-0.15, -0.1) is 0 Å². The lowest BCUT2D eigenvalue weighted by Crippen LogP contribution is -2.05. The molecule has 4 nitrogen and oxygen atoms in total. The maximum atomic E-state index is 10.6. The predicted molar refractivity (Wildman–Crippen MR) is 77.1 cm³/mol. The van der Waals surface area contributed by atoms with Crippen molar-refractivity contribution in [2.24, 2.45) is 5.16 Å². The molecule has 0 aliphatic rings. The molecule has 0 unspecified atom stereocenters. The minimum Gasteiger partial charge on any atom is -0.481 e. The number of hydrogen-bond acceptors (Lipinski definition) is 3. The van der Waals surface area contributed by atoms with E-state index < -0.39 is 5.97 Å². The quantitative estimate of drug-likeness (QED) is 0.496. The summed E-state index contributed by atoms with van der Waals surface area (Å²) >= 11 is 0. The summed E-state index contributed by atoms with van der Waals surface area (Å²) in [4.78, 5) is 10.6. The number of carboxylic acid groups (broad SMARTS) is 1. The Labute approximate surface area is 117 Å². The highest BCUT2D eigenvalue weighted by Gasteiger charge is 2.07. The van der Waals surface area contributed by atoms with Gasteiger partial charge in [-0.3, -0.25) is 4.79 Å². The zero-order chi connectivity index (χ0) is 14.4. The van der Waals surface area contributed by atoms with Crippen molar-refractivity contribution < 1.29 is 15.1 Å². The fraction of sp³-hybridized carbons (Fsp3) is 0.125. The lowest BCUT2D eigenvalue weighted by Gasteiger charge is -2.05. The highest BCUT2D eigenvalue weighted by molar-refractivity contribution is 6.01. The van der Waals surface area contributed by atoms with Crippen LogP contribution in [0.4, 0.5) is 0 Å². The minimum absolute atomic E-state index is 0.0557. The van der Waals surface area contributed by atoms with Crippen LogP contribution < -0.4 is 0 Å². The second kappa shape index (κ2) is 6.52. The molecule has 0 heterocycles. The second-order valence-corrected chi connectivity index (χ2v) is 4.38. The summed E-state index contributed by atoms with van der Waals surface area (Å²) < 4.78 is 0. The fourth-order valence-electron chi connectivity index (χ4n) is 1.96. The highest BCUT2D eigenvalue weighted by Crippen LogP contribution is 2.20. The van der Waals surface area contributed by atoms with Crippen molar-refractivity contribution in [1.29, 1.82) is 0 Å². The first-order valence-corrected chi connectivity index (χ1v) is 6.29. The third-order valence-electron chi connectivity index (χ3n) is 3.02. The van der Waals surface area contributed by atoms with Crippen LogP contribution in [0.15, 0.2) is 59.8 Å². The fourth-order valence-corrected chi connectivity index (χ4v) is 1.96. The molecule has 0 saturated carbocycles. The van der Waals surface area contributed by atoms with Gasteiger partial charge in [-0.1, -0.05) is 59.8 Å². The molecule has 0 aliphatic heterocycles. The molecule has 0 spiro atoms. The van der Waals surface area contributed by atoms with E-state index in [1.165, 1.54) is 0 Å². The van der Waals surface area contributed by atoms with Crippen LogP contribution in [0.2, 0.25) is 0 Å². The number of rotatable bonds is 5. The summed E-state index contributed by atoms with van der Waals surface area (Å²) in [5, 5.41) is 20.8. The lowest BCUT2D eigenvalue weighted by atomic mass is 10.0. The molecule has 0 aromatic heterocycles. The van der Waals surface area contributed by atoms with Crippen LogP contribution in [-0.4, -0.2) is 22.0 Å². The number of aliphatic carboxylic acids is 1. The van der Waals surface area contributed by atoms with Crippen LogP contribution in [0.25, 0.3) is 11.1 Å². The average molecular weight is 269 g/mol. The third-order valence-corrected chi connectivity index (χ3v) is 3.02. The molecule has 2 N–H and O–H groups in total. The van der Waals surface area contributed by atoms with Crippen molar-refractivity contribution in [3.63, 3.8) is 0 Å². The Hall–Kier alpha value is -2.62. The maximum absolute atomic E-state index is 10.6. The maximum Gasteiger partial charge on any atom is 0.303 e. The van der Waals surface area contributed by atoms with Crippen LogP contribution in [0, 0.1) is 0 Å². The SMILES string of the molecule is O=C(O)CC/C(=N/O)c1ccc(-c2ccccc2)cc1. The van der Waals surface area contributed by atoms with Crippen molar-refractivity contribution in [3.05, 3.63) is 60.2 Å². The molecule has 0 atom stereocenters. The van der Waals surface area contributed by atoms with Gasteiger partial charge in [0.2, 0.25) is 0 Å². The van der Waals surface area contributed by atoms with E-state index in [2.05, 4.69) is 5.16 Å². The largest absolute Gasteiger partial charge is 0.481 e. The number of benzene rings is 2. The Morgan fingerprint density at radius 3 is 2.05 bits per heavy atom. The van der Waals surface area contributed by atoms with Crippen molar-refractivity contribution in [1.82, 2.24) is 0 Å². The minimum atomic E-state index is -0.910. The van der Waals surface area contributed by atoms with Gasteiger partial charge in [0.1, 0.15) is 0 Å². The summed E-state index contributed by atoms with van der Waals surface area (Å²) in [6, 6.07) is 17.4. The van der Waals surface area contributed by atoms with Gasteiger partial charge >= 0.3 is 5.97 Å². The van der Waals surface area contributed by atoms with Crippen LogP contribution >= 0.6 is 0 Å². The van der Waals surface area contributed by atoms with Gasteiger partial charge in [0.15, 0.2) is 0 Å².